The van der Waals surface area contributed by atoms with E-state index in [-0.39, 0.29) is 18.4 Å². The molecule has 0 saturated heterocycles. The Labute approximate surface area is 120 Å². The van der Waals surface area contributed by atoms with E-state index in [2.05, 4.69) is 12.6 Å². The van der Waals surface area contributed by atoms with E-state index >= 15 is 0 Å². The van der Waals surface area contributed by atoms with Gasteiger partial charge >= 0.3 is 0 Å². The van der Waals surface area contributed by atoms with E-state index in [1.54, 1.807) is 0 Å². The number of hydrogen-bond acceptors (Lipinski definition) is 3. The average molecular weight is 296 g/mol. The van der Waals surface area contributed by atoms with Crippen molar-refractivity contribution in [1.29, 1.82) is 0 Å². The first-order valence-electron chi connectivity index (χ1n) is 5.47. The molecule has 0 aliphatic rings. The molecule has 0 aliphatic heterocycles. The molecule has 2 nitrogen and oxygen atoms in total. The monoisotopic (exact) mass is 295 g/mol. The molecule has 0 aliphatic carbocycles. The fourth-order valence-electron chi connectivity index (χ4n) is 1.32. The first-order valence-corrected chi connectivity index (χ1v) is 6.48. The molecule has 0 heterocycles. The summed E-state index contributed by atoms with van der Waals surface area (Å²) in [4.78, 5) is 0. The van der Waals surface area contributed by atoms with Crippen molar-refractivity contribution in [2.24, 2.45) is 5.73 Å². The van der Waals surface area contributed by atoms with E-state index in [4.69, 9.17) is 22.1 Å². The van der Waals surface area contributed by atoms with Crippen molar-refractivity contribution in [2.45, 2.75) is 25.3 Å². The maximum absolute atomic E-state index is 5.77. The number of thiol groups is 1. The lowest BCUT2D eigenvalue weighted by Gasteiger charge is -2.08. The van der Waals surface area contributed by atoms with Crippen LogP contribution in [0.1, 0.15) is 19.3 Å². The predicted molar refractivity (Wildman–Crippen MR) is 79.9 cm³/mol. The summed E-state index contributed by atoms with van der Waals surface area (Å²) in [7, 11) is 0. The summed E-state index contributed by atoms with van der Waals surface area (Å²) in [6, 6.07) is 7.62. The first-order chi connectivity index (χ1) is 7.72. The van der Waals surface area contributed by atoms with Crippen molar-refractivity contribution >= 4 is 36.6 Å². The molecule has 0 fully saturated rings. The molecule has 1 aromatic carbocycles. The molecular formula is C12H19Cl2NOS. The van der Waals surface area contributed by atoms with E-state index in [9.17, 15) is 0 Å². The number of rotatable bonds is 7. The van der Waals surface area contributed by atoms with E-state index < -0.39 is 0 Å². The Kier molecular flexibility index (Phi) is 9.84. The maximum atomic E-state index is 5.77. The molecule has 1 unspecified atom stereocenters. The highest BCUT2D eigenvalue weighted by atomic mass is 35.5. The zero-order chi connectivity index (χ0) is 11.8. The average Bonchev–Trinajstić information content (AvgIpc) is 2.31. The fourth-order valence-corrected chi connectivity index (χ4v) is 1.63. The van der Waals surface area contributed by atoms with Crippen LogP contribution in [0.2, 0.25) is 5.02 Å². The minimum Gasteiger partial charge on any atom is -0.494 e. The van der Waals surface area contributed by atoms with Gasteiger partial charge in [0.2, 0.25) is 0 Å². The predicted octanol–water partition coefficient (Wildman–Crippen LogP) is 3.57. The molecule has 0 amide bonds. The second-order valence-corrected chi connectivity index (χ2v) is 4.54. The van der Waals surface area contributed by atoms with Crippen LogP contribution in [0.25, 0.3) is 0 Å². The minimum atomic E-state index is 0. The van der Waals surface area contributed by atoms with Gasteiger partial charge in [0.25, 0.3) is 0 Å². The van der Waals surface area contributed by atoms with Gasteiger partial charge in [-0.2, -0.15) is 12.6 Å². The summed E-state index contributed by atoms with van der Waals surface area (Å²) in [6.45, 7) is 0.723. The Balaban J connectivity index is 0.00000256. The van der Waals surface area contributed by atoms with Crippen LogP contribution in [-0.2, 0) is 0 Å². The van der Waals surface area contributed by atoms with E-state index in [0.29, 0.717) is 0 Å². The Hall–Kier alpha value is -0.0900. The SMILES string of the molecule is Cl.NC(CS)CCCCOc1ccc(Cl)cc1. The van der Waals surface area contributed by atoms with E-state index in [0.717, 1.165) is 42.4 Å². The van der Waals surface area contributed by atoms with Gasteiger partial charge < -0.3 is 10.5 Å². The Morgan fingerprint density at radius 3 is 2.47 bits per heavy atom. The lowest BCUT2D eigenvalue weighted by Crippen LogP contribution is -2.21. The quantitative estimate of drug-likeness (QED) is 0.596. The molecular weight excluding hydrogens is 277 g/mol. The zero-order valence-corrected chi connectivity index (χ0v) is 12.1. The van der Waals surface area contributed by atoms with Gasteiger partial charge in [0.05, 0.1) is 6.61 Å². The molecule has 2 N–H and O–H groups in total. The van der Waals surface area contributed by atoms with Crippen molar-refractivity contribution < 1.29 is 4.74 Å². The first kappa shape index (κ1) is 16.9. The molecule has 1 atom stereocenters. The van der Waals surface area contributed by atoms with Crippen LogP contribution in [0.3, 0.4) is 0 Å². The Morgan fingerprint density at radius 2 is 1.88 bits per heavy atom. The van der Waals surface area contributed by atoms with Gasteiger partial charge in [-0.1, -0.05) is 11.6 Å². The van der Waals surface area contributed by atoms with Gasteiger partial charge in [0.15, 0.2) is 0 Å². The summed E-state index contributed by atoms with van der Waals surface area (Å²) >= 11 is 9.91. The third kappa shape index (κ3) is 7.77. The summed E-state index contributed by atoms with van der Waals surface area (Å²) < 4.78 is 5.56. The Morgan fingerprint density at radius 1 is 1.24 bits per heavy atom. The molecule has 0 aromatic heterocycles. The second kappa shape index (κ2) is 9.89. The van der Waals surface area contributed by atoms with Gasteiger partial charge in [0.1, 0.15) is 5.75 Å². The van der Waals surface area contributed by atoms with Gasteiger partial charge in [-0.15, -0.1) is 12.4 Å². The smallest absolute Gasteiger partial charge is 0.119 e. The highest BCUT2D eigenvalue weighted by Gasteiger charge is 1.99. The number of ether oxygens (including phenoxy) is 1. The third-order valence-corrected chi connectivity index (χ3v) is 3.01. The number of hydrogen-bond donors (Lipinski definition) is 2. The lowest BCUT2D eigenvalue weighted by atomic mass is 10.1. The largest absolute Gasteiger partial charge is 0.494 e. The number of halogens is 2. The highest BCUT2D eigenvalue weighted by molar-refractivity contribution is 7.80. The zero-order valence-electron chi connectivity index (χ0n) is 9.64. The highest BCUT2D eigenvalue weighted by Crippen LogP contribution is 2.15. The fraction of sp³-hybridized carbons (Fsp3) is 0.500. The van der Waals surface area contributed by atoms with Gasteiger partial charge in [0, 0.05) is 16.8 Å². The molecule has 98 valence electrons. The minimum absolute atomic E-state index is 0. The van der Waals surface area contributed by atoms with Gasteiger partial charge in [-0.05, 0) is 43.5 Å². The van der Waals surface area contributed by atoms with Crippen LogP contribution in [-0.4, -0.2) is 18.4 Å². The number of nitrogens with two attached hydrogens (primary N) is 1. The van der Waals surface area contributed by atoms with Crippen molar-refractivity contribution in [3.63, 3.8) is 0 Å². The van der Waals surface area contributed by atoms with E-state index in [1.807, 2.05) is 24.3 Å². The Bertz CT molecular complexity index is 295. The second-order valence-electron chi connectivity index (χ2n) is 3.74. The summed E-state index contributed by atoms with van der Waals surface area (Å²) in [6.07, 6.45) is 3.10. The van der Waals surface area contributed by atoms with Crippen molar-refractivity contribution in [2.75, 3.05) is 12.4 Å². The van der Waals surface area contributed by atoms with E-state index in [1.165, 1.54) is 0 Å². The molecule has 1 rings (SSSR count). The van der Waals surface area contributed by atoms with Crippen molar-refractivity contribution in [1.82, 2.24) is 0 Å². The number of unbranched alkanes of at least 4 members (excludes halogenated alkanes) is 1. The van der Waals surface area contributed by atoms with Crippen molar-refractivity contribution in [3.05, 3.63) is 29.3 Å². The van der Waals surface area contributed by atoms with Crippen LogP contribution in [0.5, 0.6) is 5.75 Å². The summed E-state index contributed by atoms with van der Waals surface area (Å²) in [5.74, 6) is 1.61. The summed E-state index contributed by atoms with van der Waals surface area (Å²) in [5.41, 5.74) is 5.75. The normalized spacial score (nSPS) is 11.7. The van der Waals surface area contributed by atoms with Crippen molar-refractivity contribution in [3.8, 4) is 5.75 Å². The van der Waals surface area contributed by atoms with Crippen LogP contribution in [0, 0.1) is 0 Å². The maximum Gasteiger partial charge on any atom is 0.119 e. The molecule has 0 spiro atoms. The topological polar surface area (TPSA) is 35.2 Å². The summed E-state index contributed by atoms with van der Waals surface area (Å²) in [5, 5.41) is 0.729. The van der Waals surface area contributed by atoms with Crippen LogP contribution in [0.4, 0.5) is 0 Å². The third-order valence-electron chi connectivity index (χ3n) is 2.29. The standard InChI is InChI=1S/C12H18ClNOS.ClH/c13-10-4-6-12(7-5-10)15-8-2-1-3-11(14)9-16;/h4-7,11,16H,1-3,8-9,14H2;1H. The van der Waals surface area contributed by atoms with Crippen LogP contribution < -0.4 is 10.5 Å². The molecule has 17 heavy (non-hydrogen) atoms. The lowest BCUT2D eigenvalue weighted by molar-refractivity contribution is 0.304. The van der Waals surface area contributed by atoms with Gasteiger partial charge in [-0.25, -0.2) is 0 Å². The van der Waals surface area contributed by atoms with Gasteiger partial charge in [-0.3, -0.25) is 0 Å². The molecule has 0 bridgehead atoms. The molecule has 0 radical (unpaired) electrons. The van der Waals surface area contributed by atoms with Crippen LogP contribution in [0.15, 0.2) is 24.3 Å². The molecule has 1 aromatic rings. The number of benzene rings is 1. The molecule has 0 saturated carbocycles. The van der Waals surface area contributed by atoms with Crippen LogP contribution >= 0.6 is 36.6 Å². The molecule has 5 heteroatoms.